The smallest absolute Gasteiger partial charge is 0.244 e. The molecule has 1 aromatic heterocycles. The fraction of sp³-hybridized carbons (Fsp3) is 0.857. The summed E-state index contributed by atoms with van der Waals surface area (Å²) < 4.78 is 5.64. The van der Waals surface area contributed by atoms with E-state index in [1.807, 2.05) is 0 Å². The van der Waals surface area contributed by atoms with Crippen LogP contribution in [-0.4, -0.2) is 48.0 Å². The zero-order chi connectivity index (χ0) is 13.8. The van der Waals surface area contributed by atoms with Gasteiger partial charge in [-0.15, -0.1) is 5.10 Å². The first kappa shape index (κ1) is 13.8. The van der Waals surface area contributed by atoms with Crippen molar-refractivity contribution in [3.05, 3.63) is 5.82 Å². The van der Waals surface area contributed by atoms with Gasteiger partial charge in [-0.25, -0.2) is 0 Å². The molecule has 6 heteroatoms. The highest BCUT2D eigenvalue weighted by Gasteiger charge is 2.25. The van der Waals surface area contributed by atoms with Crippen molar-refractivity contribution in [3.63, 3.8) is 0 Å². The molecule has 112 valence electrons. The molecule has 0 radical (unpaired) electrons. The van der Waals surface area contributed by atoms with Gasteiger partial charge in [0.15, 0.2) is 5.82 Å². The Hall–Kier alpha value is -1.14. The molecule has 2 saturated heterocycles. The monoisotopic (exact) mass is 279 g/mol. The third kappa shape index (κ3) is 3.12. The topological polar surface area (TPSA) is 66.1 Å². The number of anilines is 1. The standard InChI is InChI=1S/C14H25N5O/c1-2-15-10-11-5-7-19(8-6-11)14-16-13(17-18-14)12-4-3-9-20-12/h11-12,15H,2-10H2,1H3,(H,16,17,18). The summed E-state index contributed by atoms with van der Waals surface area (Å²) in [5.74, 6) is 2.53. The van der Waals surface area contributed by atoms with Crippen LogP contribution in [0.15, 0.2) is 0 Å². The fourth-order valence-corrected chi connectivity index (χ4v) is 3.03. The number of piperidine rings is 1. The highest BCUT2D eigenvalue weighted by Crippen LogP contribution is 2.27. The molecule has 2 aliphatic heterocycles. The lowest BCUT2D eigenvalue weighted by atomic mass is 9.97. The van der Waals surface area contributed by atoms with E-state index in [9.17, 15) is 0 Å². The van der Waals surface area contributed by atoms with Gasteiger partial charge in [0.2, 0.25) is 5.95 Å². The Morgan fingerprint density at radius 2 is 2.20 bits per heavy atom. The van der Waals surface area contributed by atoms with Crippen molar-refractivity contribution in [1.29, 1.82) is 0 Å². The summed E-state index contributed by atoms with van der Waals surface area (Å²) >= 11 is 0. The van der Waals surface area contributed by atoms with Gasteiger partial charge in [0.05, 0.1) is 0 Å². The third-order valence-corrected chi connectivity index (χ3v) is 4.31. The van der Waals surface area contributed by atoms with Gasteiger partial charge in [0, 0.05) is 19.7 Å². The predicted molar refractivity (Wildman–Crippen MR) is 77.8 cm³/mol. The van der Waals surface area contributed by atoms with E-state index < -0.39 is 0 Å². The van der Waals surface area contributed by atoms with Gasteiger partial charge in [-0.3, -0.25) is 5.10 Å². The van der Waals surface area contributed by atoms with E-state index in [4.69, 9.17) is 4.74 Å². The molecular formula is C14H25N5O. The lowest BCUT2D eigenvalue weighted by molar-refractivity contribution is 0.105. The van der Waals surface area contributed by atoms with Crippen LogP contribution in [0.4, 0.5) is 5.95 Å². The van der Waals surface area contributed by atoms with Gasteiger partial charge < -0.3 is 15.0 Å². The van der Waals surface area contributed by atoms with Crippen LogP contribution in [0.3, 0.4) is 0 Å². The maximum atomic E-state index is 5.64. The number of H-pyrrole nitrogens is 1. The average molecular weight is 279 g/mol. The maximum absolute atomic E-state index is 5.64. The second-order valence-electron chi connectivity index (χ2n) is 5.76. The van der Waals surface area contributed by atoms with Crippen molar-refractivity contribution in [2.45, 2.75) is 38.7 Å². The van der Waals surface area contributed by atoms with Gasteiger partial charge in [-0.1, -0.05) is 6.92 Å². The molecule has 3 heterocycles. The average Bonchev–Trinajstić information content (AvgIpc) is 3.16. The van der Waals surface area contributed by atoms with E-state index in [0.717, 1.165) is 63.3 Å². The number of nitrogens with zero attached hydrogens (tertiary/aromatic N) is 3. The highest BCUT2D eigenvalue weighted by atomic mass is 16.5. The summed E-state index contributed by atoms with van der Waals surface area (Å²) in [6.45, 7) is 7.31. The van der Waals surface area contributed by atoms with E-state index in [-0.39, 0.29) is 6.10 Å². The minimum absolute atomic E-state index is 0.127. The van der Waals surface area contributed by atoms with E-state index in [1.54, 1.807) is 0 Å². The highest BCUT2D eigenvalue weighted by molar-refractivity contribution is 5.29. The molecule has 0 aliphatic carbocycles. The molecule has 0 spiro atoms. The Bertz CT molecular complexity index is 407. The molecule has 1 atom stereocenters. The Balaban J connectivity index is 1.52. The lowest BCUT2D eigenvalue weighted by Crippen LogP contribution is -2.37. The molecule has 6 nitrogen and oxygen atoms in total. The normalized spacial score (nSPS) is 24.4. The third-order valence-electron chi connectivity index (χ3n) is 4.31. The van der Waals surface area contributed by atoms with Crippen molar-refractivity contribution in [3.8, 4) is 0 Å². The summed E-state index contributed by atoms with van der Waals surface area (Å²) in [5.41, 5.74) is 0. The van der Waals surface area contributed by atoms with Gasteiger partial charge in [-0.05, 0) is 44.7 Å². The number of ether oxygens (including phenoxy) is 1. The summed E-state index contributed by atoms with van der Waals surface area (Å²) in [7, 11) is 0. The molecule has 3 rings (SSSR count). The molecule has 0 bridgehead atoms. The van der Waals surface area contributed by atoms with Crippen molar-refractivity contribution in [2.24, 2.45) is 5.92 Å². The first-order chi connectivity index (χ1) is 9.86. The van der Waals surface area contributed by atoms with Crippen LogP contribution in [0.1, 0.15) is 44.5 Å². The van der Waals surface area contributed by atoms with Crippen molar-refractivity contribution in [2.75, 3.05) is 37.7 Å². The number of aromatic nitrogens is 3. The van der Waals surface area contributed by atoms with Gasteiger partial charge in [0.25, 0.3) is 0 Å². The molecule has 20 heavy (non-hydrogen) atoms. The number of nitrogens with one attached hydrogen (secondary N) is 2. The molecule has 0 amide bonds. The van der Waals surface area contributed by atoms with Crippen LogP contribution in [0.2, 0.25) is 0 Å². The number of hydrogen-bond acceptors (Lipinski definition) is 5. The van der Waals surface area contributed by atoms with Gasteiger partial charge in [0.1, 0.15) is 6.10 Å². The summed E-state index contributed by atoms with van der Waals surface area (Å²) in [6.07, 6.45) is 4.74. The van der Waals surface area contributed by atoms with E-state index in [1.165, 1.54) is 12.8 Å². The summed E-state index contributed by atoms with van der Waals surface area (Å²) in [4.78, 5) is 6.91. The second-order valence-corrected chi connectivity index (χ2v) is 5.76. The first-order valence-electron chi connectivity index (χ1n) is 7.86. The van der Waals surface area contributed by atoms with Gasteiger partial charge in [-0.2, -0.15) is 4.98 Å². The molecule has 2 aliphatic rings. The fourth-order valence-electron chi connectivity index (χ4n) is 3.03. The number of hydrogen-bond donors (Lipinski definition) is 2. The summed E-state index contributed by atoms with van der Waals surface area (Å²) in [6, 6.07) is 0. The largest absolute Gasteiger partial charge is 0.370 e. The lowest BCUT2D eigenvalue weighted by Gasteiger charge is -2.31. The van der Waals surface area contributed by atoms with Crippen LogP contribution in [-0.2, 0) is 4.74 Å². The predicted octanol–water partition coefficient (Wildman–Crippen LogP) is 1.48. The Morgan fingerprint density at radius 1 is 1.35 bits per heavy atom. The zero-order valence-electron chi connectivity index (χ0n) is 12.3. The van der Waals surface area contributed by atoms with E-state index in [2.05, 4.69) is 32.3 Å². The number of aromatic amines is 1. The van der Waals surface area contributed by atoms with E-state index in [0.29, 0.717) is 0 Å². The molecular weight excluding hydrogens is 254 g/mol. The van der Waals surface area contributed by atoms with Crippen LogP contribution in [0.25, 0.3) is 0 Å². The first-order valence-corrected chi connectivity index (χ1v) is 7.86. The molecule has 2 N–H and O–H groups in total. The SMILES string of the molecule is CCNCC1CCN(c2n[nH]c(C3CCCO3)n2)CC1. The van der Waals surface area contributed by atoms with Crippen molar-refractivity contribution < 1.29 is 4.74 Å². The van der Waals surface area contributed by atoms with Crippen LogP contribution < -0.4 is 10.2 Å². The Kier molecular flexibility index (Phi) is 4.52. The molecule has 2 fully saturated rings. The molecule has 0 saturated carbocycles. The maximum Gasteiger partial charge on any atom is 0.244 e. The number of rotatable bonds is 5. The van der Waals surface area contributed by atoms with Crippen molar-refractivity contribution >= 4 is 5.95 Å². The summed E-state index contributed by atoms with van der Waals surface area (Å²) in [5, 5.41) is 10.9. The minimum atomic E-state index is 0.127. The minimum Gasteiger partial charge on any atom is -0.370 e. The van der Waals surface area contributed by atoms with Crippen LogP contribution >= 0.6 is 0 Å². The van der Waals surface area contributed by atoms with Crippen LogP contribution in [0.5, 0.6) is 0 Å². The van der Waals surface area contributed by atoms with E-state index >= 15 is 0 Å². The molecule has 1 unspecified atom stereocenters. The Labute approximate surface area is 120 Å². The Morgan fingerprint density at radius 3 is 2.90 bits per heavy atom. The van der Waals surface area contributed by atoms with Crippen molar-refractivity contribution in [1.82, 2.24) is 20.5 Å². The quantitative estimate of drug-likeness (QED) is 0.854. The second kappa shape index (κ2) is 6.54. The van der Waals surface area contributed by atoms with Crippen LogP contribution in [0, 0.1) is 5.92 Å². The molecule has 1 aromatic rings. The zero-order valence-corrected chi connectivity index (χ0v) is 12.3. The van der Waals surface area contributed by atoms with Gasteiger partial charge >= 0.3 is 0 Å². The molecule has 0 aromatic carbocycles.